The lowest BCUT2D eigenvalue weighted by Crippen LogP contribution is -2.28. The van der Waals surface area contributed by atoms with E-state index in [2.05, 4.69) is 10.6 Å². The maximum Gasteiger partial charge on any atom is 0.341 e. The maximum atomic E-state index is 12.2. The molecular formula is C15H17N3O4S2. The van der Waals surface area contributed by atoms with Crippen LogP contribution in [0.15, 0.2) is 5.38 Å². The molecule has 0 aromatic carbocycles. The minimum atomic E-state index is -0.605. The van der Waals surface area contributed by atoms with Crippen molar-refractivity contribution in [3.8, 4) is 0 Å². The van der Waals surface area contributed by atoms with Gasteiger partial charge in [-0.1, -0.05) is 11.8 Å². The Hall–Kier alpha value is -1.87. The monoisotopic (exact) mass is 367 g/mol. The molecule has 2 amide bonds. The van der Waals surface area contributed by atoms with Gasteiger partial charge in [-0.15, -0.1) is 11.3 Å². The van der Waals surface area contributed by atoms with E-state index in [1.165, 1.54) is 11.3 Å². The Balaban J connectivity index is 1.72. The van der Waals surface area contributed by atoms with Crippen molar-refractivity contribution in [1.29, 1.82) is 5.41 Å². The Kier molecular flexibility index (Phi) is 4.91. The predicted molar refractivity (Wildman–Crippen MR) is 92.7 cm³/mol. The normalized spacial score (nSPS) is 20.0. The summed E-state index contributed by atoms with van der Waals surface area (Å²) in [5.41, 5.74) is 1.37. The molecule has 7 nitrogen and oxygen atoms in total. The summed E-state index contributed by atoms with van der Waals surface area (Å²) < 4.78 is 5.11. The first kappa shape index (κ1) is 17.0. The number of amidine groups is 1. The first-order valence-electron chi connectivity index (χ1n) is 7.64. The number of ether oxygens (including phenoxy) is 1. The van der Waals surface area contributed by atoms with Gasteiger partial charge in [-0.3, -0.25) is 15.0 Å². The summed E-state index contributed by atoms with van der Waals surface area (Å²) in [5, 5.41) is 14.3. The summed E-state index contributed by atoms with van der Waals surface area (Å²) in [7, 11) is 0. The molecule has 1 aliphatic heterocycles. The lowest BCUT2D eigenvalue weighted by Gasteiger charge is -2.09. The number of rotatable bonds is 6. The number of carbonyl (C=O) groups is 3. The second-order valence-corrected chi connectivity index (χ2v) is 7.66. The van der Waals surface area contributed by atoms with Gasteiger partial charge in [0, 0.05) is 6.42 Å². The van der Waals surface area contributed by atoms with Crippen LogP contribution in [0.1, 0.15) is 48.0 Å². The molecule has 9 heteroatoms. The predicted octanol–water partition coefficient (Wildman–Crippen LogP) is 2.30. The number of carbonyl (C=O) groups excluding carboxylic acids is 3. The molecule has 2 aliphatic rings. The number of hydrogen-bond acceptors (Lipinski definition) is 7. The molecule has 0 radical (unpaired) electrons. The number of thiophene rings is 1. The summed E-state index contributed by atoms with van der Waals surface area (Å²) in [6, 6.07) is 0. The van der Waals surface area contributed by atoms with Crippen LogP contribution >= 0.6 is 23.1 Å². The fourth-order valence-electron chi connectivity index (χ4n) is 2.47. The van der Waals surface area contributed by atoms with E-state index < -0.39 is 11.2 Å². The van der Waals surface area contributed by atoms with Crippen molar-refractivity contribution in [3.05, 3.63) is 16.5 Å². The van der Waals surface area contributed by atoms with Crippen LogP contribution in [-0.4, -0.2) is 34.8 Å². The standard InChI is InChI=1S/C15H17N3O4S2/c1-2-22-14(21)11-8(7-3-4-7)6-23-13(11)17-10(19)5-9-12(20)18-15(16)24-9/h6-7,9H,2-5H2,1H3,(H,17,19)(H2,16,18,20). The van der Waals surface area contributed by atoms with Gasteiger partial charge in [-0.2, -0.15) is 0 Å². The van der Waals surface area contributed by atoms with Crippen molar-refractivity contribution in [2.45, 2.75) is 37.4 Å². The molecule has 1 aromatic rings. The minimum Gasteiger partial charge on any atom is -0.462 e. The number of nitrogens with one attached hydrogen (secondary N) is 3. The van der Waals surface area contributed by atoms with E-state index in [4.69, 9.17) is 10.1 Å². The Labute approximate surface area is 147 Å². The van der Waals surface area contributed by atoms with Crippen molar-refractivity contribution >= 4 is 51.1 Å². The molecular weight excluding hydrogens is 350 g/mol. The minimum absolute atomic E-state index is 0.0438. The van der Waals surface area contributed by atoms with E-state index in [1.54, 1.807) is 6.92 Å². The van der Waals surface area contributed by atoms with E-state index in [-0.39, 0.29) is 30.0 Å². The molecule has 1 aromatic heterocycles. The quantitative estimate of drug-likeness (QED) is 0.669. The van der Waals surface area contributed by atoms with Gasteiger partial charge in [-0.25, -0.2) is 4.79 Å². The van der Waals surface area contributed by atoms with E-state index in [0.29, 0.717) is 16.5 Å². The largest absolute Gasteiger partial charge is 0.462 e. The van der Waals surface area contributed by atoms with Crippen LogP contribution in [0.4, 0.5) is 5.00 Å². The zero-order valence-corrected chi connectivity index (χ0v) is 14.6. The Morgan fingerprint density at radius 1 is 1.46 bits per heavy atom. The molecule has 128 valence electrons. The molecule has 1 aliphatic carbocycles. The van der Waals surface area contributed by atoms with E-state index >= 15 is 0 Å². The second-order valence-electron chi connectivity index (χ2n) is 5.57. The smallest absolute Gasteiger partial charge is 0.341 e. The SMILES string of the molecule is CCOC(=O)c1c(C2CC2)csc1NC(=O)CC1SC(=N)NC1=O. The number of hydrogen-bond donors (Lipinski definition) is 3. The van der Waals surface area contributed by atoms with Gasteiger partial charge in [0.2, 0.25) is 11.8 Å². The highest BCUT2D eigenvalue weighted by atomic mass is 32.2. The molecule has 0 bridgehead atoms. The molecule has 1 saturated heterocycles. The van der Waals surface area contributed by atoms with Crippen LogP contribution < -0.4 is 10.6 Å². The molecule has 1 saturated carbocycles. The van der Waals surface area contributed by atoms with Crippen molar-refractivity contribution in [2.24, 2.45) is 0 Å². The highest BCUT2D eigenvalue weighted by Crippen LogP contribution is 2.46. The first-order chi connectivity index (χ1) is 11.5. The zero-order chi connectivity index (χ0) is 17.3. The van der Waals surface area contributed by atoms with E-state index in [1.807, 2.05) is 5.38 Å². The maximum absolute atomic E-state index is 12.2. The van der Waals surface area contributed by atoms with Crippen molar-refractivity contribution in [1.82, 2.24) is 5.32 Å². The van der Waals surface area contributed by atoms with E-state index in [9.17, 15) is 14.4 Å². The fraction of sp³-hybridized carbons (Fsp3) is 0.467. The fourth-order valence-corrected chi connectivity index (χ4v) is 4.36. The van der Waals surface area contributed by atoms with Crippen LogP contribution in [0.25, 0.3) is 0 Å². The van der Waals surface area contributed by atoms with Gasteiger partial charge in [-0.05, 0) is 36.6 Å². The van der Waals surface area contributed by atoms with Gasteiger partial charge >= 0.3 is 5.97 Å². The highest BCUT2D eigenvalue weighted by Gasteiger charge is 2.34. The van der Waals surface area contributed by atoms with E-state index in [0.717, 1.165) is 30.2 Å². The van der Waals surface area contributed by atoms with Gasteiger partial charge in [0.05, 0.1) is 12.2 Å². The zero-order valence-electron chi connectivity index (χ0n) is 13.0. The average molecular weight is 367 g/mol. The van der Waals surface area contributed by atoms with Crippen LogP contribution in [-0.2, 0) is 14.3 Å². The van der Waals surface area contributed by atoms with Gasteiger partial charge in [0.1, 0.15) is 10.3 Å². The lowest BCUT2D eigenvalue weighted by molar-refractivity contribution is -0.122. The van der Waals surface area contributed by atoms with Crippen LogP contribution in [0.5, 0.6) is 0 Å². The number of anilines is 1. The average Bonchev–Trinajstić information content (AvgIpc) is 3.20. The van der Waals surface area contributed by atoms with Crippen LogP contribution in [0, 0.1) is 5.41 Å². The molecule has 24 heavy (non-hydrogen) atoms. The van der Waals surface area contributed by atoms with Crippen LogP contribution in [0.2, 0.25) is 0 Å². The summed E-state index contributed by atoms with van der Waals surface area (Å²) >= 11 is 2.33. The third-order valence-electron chi connectivity index (χ3n) is 3.73. The van der Waals surface area contributed by atoms with Crippen molar-refractivity contribution in [2.75, 3.05) is 11.9 Å². The highest BCUT2D eigenvalue weighted by molar-refractivity contribution is 8.15. The molecule has 1 atom stereocenters. The Morgan fingerprint density at radius 3 is 2.79 bits per heavy atom. The van der Waals surface area contributed by atoms with Crippen LogP contribution in [0.3, 0.4) is 0 Å². The summed E-state index contributed by atoms with van der Waals surface area (Å²) in [4.78, 5) is 36.1. The van der Waals surface area contributed by atoms with Gasteiger partial charge in [0.15, 0.2) is 5.17 Å². The van der Waals surface area contributed by atoms with Crippen molar-refractivity contribution < 1.29 is 19.1 Å². The van der Waals surface area contributed by atoms with Gasteiger partial charge < -0.3 is 15.4 Å². The molecule has 3 N–H and O–H groups in total. The third kappa shape index (κ3) is 3.62. The summed E-state index contributed by atoms with van der Waals surface area (Å²) in [6.07, 6.45) is 2.03. The molecule has 1 unspecified atom stereocenters. The third-order valence-corrected chi connectivity index (χ3v) is 5.65. The summed E-state index contributed by atoms with van der Waals surface area (Å²) in [6.45, 7) is 2.01. The van der Waals surface area contributed by atoms with Gasteiger partial charge in [0.25, 0.3) is 0 Å². The molecule has 2 heterocycles. The number of amides is 2. The molecule has 0 spiro atoms. The molecule has 2 fully saturated rings. The topological polar surface area (TPSA) is 108 Å². The number of esters is 1. The second kappa shape index (κ2) is 6.94. The Morgan fingerprint density at radius 2 is 2.21 bits per heavy atom. The number of thioether (sulfide) groups is 1. The Bertz CT molecular complexity index is 712. The molecule has 3 rings (SSSR count). The van der Waals surface area contributed by atoms with Crippen molar-refractivity contribution in [3.63, 3.8) is 0 Å². The summed E-state index contributed by atoms with van der Waals surface area (Å²) in [5.74, 6) is -0.753. The lowest BCUT2D eigenvalue weighted by atomic mass is 10.1. The first-order valence-corrected chi connectivity index (χ1v) is 9.40.